The number of nitrogens with one attached hydrogen (secondary N) is 2. The van der Waals surface area contributed by atoms with Crippen LogP contribution in [-0.2, 0) is 14.3 Å². The quantitative estimate of drug-likeness (QED) is 0.463. The standard InChI is InChI=1S/C19H14ClFN2O3S/c1-26-18(25)17(24)14-15(10-6-8-11(20)9-7-10)22-19(27)23-16(14)12-4-2-3-5-13(12)21/h2-9,15H,1H3,(H2,22,23,27)/t15-/m1/s1. The molecular formula is C19H14ClFN2O3S. The number of ketones is 1. The summed E-state index contributed by atoms with van der Waals surface area (Å²) in [6, 6.07) is 11.8. The first-order valence-electron chi connectivity index (χ1n) is 7.87. The van der Waals surface area contributed by atoms with E-state index in [1.54, 1.807) is 30.3 Å². The summed E-state index contributed by atoms with van der Waals surface area (Å²) in [5, 5.41) is 6.45. The first-order valence-corrected chi connectivity index (χ1v) is 8.65. The van der Waals surface area contributed by atoms with Crippen LogP contribution < -0.4 is 10.6 Å². The number of benzene rings is 2. The summed E-state index contributed by atoms with van der Waals surface area (Å²) in [5.74, 6) is -2.53. The molecule has 1 aliphatic heterocycles. The van der Waals surface area contributed by atoms with Crippen LogP contribution in [0.5, 0.6) is 0 Å². The van der Waals surface area contributed by atoms with Gasteiger partial charge in [-0.25, -0.2) is 9.18 Å². The smallest absolute Gasteiger partial charge is 0.379 e. The third-order valence-electron chi connectivity index (χ3n) is 4.03. The van der Waals surface area contributed by atoms with Crippen molar-refractivity contribution in [3.8, 4) is 0 Å². The number of hydrogen-bond acceptors (Lipinski definition) is 4. The zero-order chi connectivity index (χ0) is 19.6. The molecule has 1 heterocycles. The zero-order valence-electron chi connectivity index (χ0n) is 14.1. The van der Waals surface area contributed by atoms with Crippen LogP contribution in [0.15, 0.2) is 54.1 Å². The number of carbonyl (C=O) groups excluding carboxylic acids is 2. The van der Waals surface area contributed by atoms with Gasteiger partial charge >= 0.3 is 5.97 Å². The fourth-order valence-corrected chi connectivity index (χ4v) is 3.14. The summed E-state index contributed by atoms with van der Waals surface area (Å²) < 4.78 is 19.0. The number of halogens is 2. The molecular weight excluding hydrogens is 391 g/mol. The second-order valence-electron chi connectivity index (χ2n) is 5.67. The van der Waals surface area contributed by atoms with Gasteiger partial charge < -0.3 is 15.4 Å². The molecule has 5 nitrogen and oxygen atoms in total. The van der Waals surface area contributed by atoms with Gasteiger partial charge in [-0.15, -0.1) is 0 Å². The Morgan fingerprint density at radius 3 is 2.44 bits per heavy atom. The molecule has 3 rings (SSSR count). The van der Waals surface area contributed by atoms with Gasteiger partial charge in [0.15, 0.2) is 5.11 Å². The first kappa shape index (κ1) is 19.0. The Morgan fingerprint density at radius 1 is 1.15 bits per heavy atom. The van der Waals surface area contributed by atoms with Gasteiger partial charge in [-0.05, 0) is 42.0 Å². The van der Waals surface area contributed by atoms with Crippen molar-refractivity contribution < 1.29 is 18.7 Å². The molecule has 0 aliphatic carbocycles. The second-order valence-corrected chi connectivity index (χ2v) is 6.52. The van der Waals surface area contributed by atoms with Gasteiger partial charge in [0, 0.05) is 10.6 Å². The molecule has 0 radical (unpaired) electrons. The van der Waals surface area contributed by atoms with E-state index in [0.29, 0.717) is 10.6 Å². The Hall–Kier alpha value is -2.77. The number of rotatable bonds is 4. The molecule has 0 spiro atoms. The van der Waals surface area contributed by atoms with Crippen molar-refractivity contribution in [1.82, 2.24) is 10.6 Å². The van der Waals surface area contributed by atoms with E-state index >= 15 is 0 Å². The number of ether oxygens (including phenoxy) is 1. The van der Waals surface area contributed by atoms with Crippen molar-refractivity contribution in [3.63, 3.8) is 0 Å². The minimum atomic E-state index is -1.06. The Bertz CT molecular complexity index is 960. The highest BCUT2D eigenvalue weighted by molar-refractivity contribution is 7.80. The highest BCUT2D eigenvalue weighted by Gasteiger charge is 2.36. The molecule has 1 atom stereocenters. The largest absolute Gasteiger partial charge is 0.463 e. The first-order chi connectivity index (χ1) is 12.9. The van der Waals surface area contributed by atoms with Gasteiger partial charge in [-0.2, -0.15) is 0 Å². The molecule has 2 aromatic rings. The van der Waals surface area contributed by atoms with E-state index in [4.69, 9.17) is 23.8 Å². The lowest BCUT2D eigenvalue weighted by molar-refractivity contribution is -0.150. The van der Waals surface area contributed by atoms with Crippen molar-refractivity contribution in [1.29, 1.82) is 0 Å². The second kappa shape index (κ2) is 7.85. The van der Waals surface area contributed by atoms with Crippen molar-refractivity contribution in [2.75, 3.05) is 7.11 Å². The number of methoxy groups -OCH3 is 1. The average Bonchev–Trinajstić information content (AvgIpc) is 2.67. The number of esters is 1. The molecule has 138 valence electrons. The molecule has 0 bridgehead atoms. The van der Waals surface area contributed by atoms with Crippen LogP contribution >= 0.6 is 23.8 Å². The summed E-state index contributed by atoms with van der Waals surface area (Å²) in [6.07, 6.45) is 0. The minimum absolute atomic E-state index is 0.00266. The topological polar surface area (TPSA) is 67.4 Å². The van der Waals surface area contributed by atoms with Gasteiger partial charge in [0.2, 0.25) is 0 Å². The SMILES string of the molecule is COC(=O)C(=O)C1=C(c2ccccc2F)NC(=S)N[C@@H]1c1ccc(Cl)cc1. The molecule has 27 heavy (non-hydrogen) atoms. The molecule has 8 heteroatoms. The van der Waals surface area contributed by atoms with E-state index in [1.165, 1.54) is 18.2 Å². The molecule has 0 saturated heterocycles. The van der Waals surface area contributed by atoms with Crippen molar-refractivity contribution in [2.45, 2.75) is 6.04 Å². The lowest BCUT2D eigenvalue weighted by Gasteiger charge is -2.31. The maximum Gasteiger partial charge on any atom is 0.379 e. The van der Waals surface area contributed by atoms with Gasteiger partial charge in [0.05, 0.1) is 24.4 Å². The van der Waals surface area contributed by atoms with E-state index in [9.17, 15) is 14.0 Å². The zero-order valence-corrected chi connectivity index (χ0v) is 15.7. The van der Waals surface area contributed by atoms with E-state index in [2.05, 4.69) is 15.4 Å². The number of thiocarbonyl (C=S) groups is 1. The van der Waals surface area contributed by atoms with Crippen LogP contribution in [0.4, 0.5) is 4.39 Å². The molecule has 1 aliphatic rings. The predicted molar refractivity (Wildman–Crippen MR) is 103 cm³/mol. The fraction of sp³-hybridized carbons (Fsp3) is 0.105. The van der Waals surface area contributed by atoms with Gasteiger partial charge in [-0.1, -0.05) is 35.9 Å². The van der Waals surface area contributed by atoms with Crippen LogP contribution in [-0.4, -0.2) is 24.0 Å². The van der Waals surface area contributed by atoms with E-state index in [0.717, 1.165) is 7.11 Å². The lowest BCUT2D eigenvalue weighted by Crippen LogP contribution is -2.46. The van der Waals surface area contributed by atoms with Crippen LogP contribution in [0.25, 0.3) is 5.70 Å². The molecule has 0 fully saturated rings. The Balaban J connectivity index is 2.25. The normalized spacial score (nSPS) is 16.4. The van der Waals surface area contributed by atoms with Crippen LogP contribution in [0.1, 0.15) is 17.2 Å². The van der Waals surface area contributed by atoms with E-state index in [1.807, 2.05) is 0 Å². The van der Waals surface area contributed by atoms with Crippen LogP contribution in [0.3, 0.4) is 0 Å². The van der Waals surface area contributed by atoms with Crippen molar-refractivity contribution in [2.24, 2.45) is 0 Å². The van der Waals surface area contributed by atoms with Crippen LogP contribution in [0, 0.1) is 5.82 Å². The third-order valence-corrected chi connectivity index (χ3v) is 4.51. The maximum absolute atomic E-state index is 14.4. The number of carbonyl (C=O) groups is 2. The monoisotopic (exact) mass is 404 g/mol. The highest BCUT2D eigenvalue weighted by Crippen LogP contribution is 2.33. The van der Waals surface area contributed by atoms with Gasteiger partial charge in [-0.3, -0.25) is 4.79 Å². The molecule has 0 saturated carbocycles. The van der Waals surface area contributed by atoms with E-state index in [-0.39, 0.29) is 21.9 Å². The third kappa shape index (κ3) is 3.84. The Morgan fingerprint density at radius 2 is 1.81 bits per heavy atom. The Kier molecular flexibility index (Phi) is 5.53. The number of hydrogen-bond donors (Lipinski definition) is 2. The average molecular weight is 405 g/mol. The highest BCUT2D eigenvalue weighted by atomic mass is 35.5. The van der Waals surface area contributed by atoms with Gasteiger partial charge in [0.25, 0.3) is 5.78 Å². The molecule has 0 aromatic heterocycles. The summed E-state index contributed by atoms with van der Waals surface area (Å²) in [7, 11) is 1.11. The minimum Gasteiger partial charge on any atom is -0.463 e. The summed E-state index contributed by atoms with van der Waals surface area (Å²) in [6.45, 7) is 0. The number of Topliss-reactive ketones (excluding diaryl/α,β-unsaturated/α-hetero) is 1. The molecule has 0 amide bonds. The molecule has 2 N–H and O–H groups in total. The lowest BCUT2D eigenvalue weighted by atomic mass is 9.90. The maximum atomic E-state index is 14.4. The van der Waals surface area contributed by atoms with Crippen molar-refractivity contribution >= 4 is 46.4 Å². The van der Waals surface area contributed by atoms with E-state index < -0.39 is 23.6 Å². The predicted octanol–water partition coefficient (Wildman–Crippen LogP) is 3.15. The molecule has 0 unspecified atom stereocenters. The Labute approximate surface area is 165 Å². The van der Waals surface area contributed by atoms with Gasteiger partial charge in [0.1, 0.15) is 5.82 Å². The van der Waals surface area contributed by atoms with Crippen molar-refractivity contribution in [3.05, 3.63) is 76.1 Å². The summed E-state index contributed by atoms with van der Waals surface area (Å²) in [5.41, 5.74) is 0.868. The fourth-order valence-electron chi connectivity index (χ4n) is 2.79. The summed E-state index contributed by atoms with van der Waals surface area (Å²) in [4.78, 5) is 24.8. The summed E-state index contributed by atoms with van der Waals surface area (Å²) >= 11 is 11.2. The molecule has 2 aromatic carbocycles. The van der Waals surface area contributed by atoms with Crippen LogP contribution in [0.2, 0.25) is 5.02 Å².